The lowest BCUT2D eigenvalue weighted by molar-refractivity contribution is -0.142. The number of carbonyl (C=O) groups excluding carboxylic acids is 1. The number of rotatable bonds is 6. The second-order valence-electron chi connectivity index (χ2n) is 6.24. The number of methoxy groups -OCH3 is 1. The molecule has 22 heavy (non-hydrogen) atoms. The Balaban J connectivity index is 2.20. The number of benzene rings is 1. The molecule has 0 bridgehead atoms. The quantitative estimate of drug-likeness (QED) is 0.714. The molecule has 0 N–H and O–H groups in total. The minimum Gasteiger partial charge on any atom is -0.494 e. The monoisotopic (exact) mass is 324 g/mol. The van der Waals surface area contributed by atoms with Crippen molar-refractivity contribution in [1.82, 2.24) is 0 Å². The molecular formula is C18H25ClO3. The van der Waals surface area contributed by atoms with Gasteiger partial charge in [0.25, 0.3) is 0 Å². The maximum absolute atomic E-state index is 11.6. The highest BCUT2D eigenvalue weighted by Gasteiger charge is 2.44. The van der Waals surface area contributed by atoms with Crippen LogP contribution in [0.25, 0.3) is 0 Å². The van der Waals surface area contributed by atoms with Gasteiger partial charge in [0.05, 0.1) is 19.6 Å². The minimum atomic E-state index is -0.0825. The molecule has 1 aliphatic rings. The van der Waals surface area contributed by atoms with Crippen molar-refractivity contribution >= 4 is 17.6 Å². The predicted octanol–water partition coefficient (Wildman–Crippen LogP) is 4.66. The van der Waals surface area contributed by atoms with Gasteiger partial charge >= 0.3 is 5.97 Å². The molecule has 3 unspecified atom stereocenters. The van der Waals surface area contributed by atoms with Crippen LogP contribution in [0.2, 0.25) is 5.02 Å². The van der Waals surface area contributed by atoms with E-state index in [1.165, 1.54) is 12.7 Å². The molecule has 2 rings (SSSR count). The average Bonchev–Trinajstić information content (AvgIpc) is 3.23. The maximum Gasteiger partial charge on any atom is 0.308 e. The summed E-state index contributed by atoms with van der Waals surface area (Å²) in [6.07, 6.45) is 1.89. The zero-order valence-electron chi connectivity index (χ0n) is 14.0. The molecule has 1 saturated carbocycles. The molecule has 0 aliphatic heterocycles. The molecule has 4 heteroatoms. The van der Waals surface area contributed by atoms with Crippen molar-refractivity contribution in [1.29, 1.82) is 0 Å². The second-order valence-corrected chi connectivity index (χ2v) is 6.62. The van der Waals surface area contributed by atoms with Gasteiger partial charge in [0.1, 0.15) is 5.75 Å². The van der Waals surface area contributed by atoms with E-state index in [4.69, 9.17) is 21.1 Å². The zero-order valence-corrected chi connectivity index (χ0v) is 14.8. The van der Waals surface area contributed by atoms with Crippen molar-refractivity contribution in [2.75, 3.05) is 13.7 Å². The second kappa shape index (κ2) is 6.91. The third-order valence-corrected chi connectivity index (χ3v) is 5.15. The molecule has 3 nitrogen and oxygen atoms in total. The first-order chi connectivity index (χ1) is 10.4. The van der Waals surface area contributed by atoms with Gasteiger partial charge in [-0.2, -0.15) is 0 Å². The Morgan fingerprint density at radius 1 is 1.45 bits per heavy atom. The molecule has 0 amide bonds. The molecular weight excluding hydrogens is 300 g/mol. The highest BCUT2D eigenvalue weighted by Crippen LogP contribution is 2.48. The van der Waals surface area contributed by atoms with E-state index in [1.807, 2.05) is 26.8 Å². The van der Waals surface area contributed by atoms with Crippen LogP contribution in [-0.2, 0) is 9.53 Å². The van der Waals surface area contributed by atoms with Crippen LogP contribution in [0.5, 0.6) is 5.75 Å². The van der Waals surface area contributed by atoms with Crippen molar-refractivity contribution in [2.45, 2.75) is 46.5 Å². The van der Waals surface area contributed by atoms with Gasteiger partial charge < -0.3 is 9.47 Å². The van der Waals surface area contributed by atoms with Crippen LogP contribution < -0.4 is 4.74 Å². The maximum atomic E-state index is 11.6. The van der Waals surface area contributed by atoms with Gasteiger partial charge in [0, 0.05) is 10.6 Å². The first-order valence-corrected chi connectivity index (χ1v) is 8.28. The fourth-order valence-electron chi connectivity index (χ4n) is 3.34. The number of carbonyl (C=O) groups is 1. The van der Waals surface area contributed by atoms with Gasteiger partial charge in [-0.05, 0) is 62.6 Å². The van der Waals surface area contributed by atoms with Crippen molar-refractivity contribution in [3.05, 3.63) is 27.8 Å². The van der Waals surface area contributed by atoms with E-state index in [-0.39, 0.29) is 11.9 Å². The van der Waals surface area contributed by atoms with Crippen LogP contribution in [0.4, 0.5) is 0 Å². The summed E-state index contributed by atoms with van der Waals surface area (Å²) >= 11 is 6.42. The molecule has 1 fully saturated rings. The molecule has 1 aromatic carbocycles. The van der Waals surface area contributed by atoms with Crippen LogP contribution in [0.3, 0.4) is 0 Å². The topological polar surface area (TPSA) is 35.5 Å². The lowest BCUT2D eigenvalue weighted by atomic mass is 9.89. The molecule has 0 spiro atoms. The summed E-state index contributed by atoms with van der Waals surface area (Å²) in [6.45, 7) is 8.86. The van der Waals surface area contributed by atoms with E-state index < -0.39 is 0 Å². The fourth-order valence-corrected chi connectivity index (χ4v) is 3.50. The molecule has 1 aliphatic carbocycles. The Labute approximate surface area is 137 Å². The van der Waals surface area contributed by atoms with Crippen molar-refractivity contribution < 1.29 is 14.3 Å². The number of halogens is 1. The summed E-state index contributed by atoms with van der Waals surface area (Å²) in [5.74, 6) is 1.63. The Bertz CT molecular complexity index is 568. The number of esters is 1. The molecule has 1 aromatic rings. The van der Waals surface area contributed by atoms with E-state index in [1.54, 1.807) is 0 Å². The van der Waals surface area contributed by atoms with Crippen LogP contribution >= 0.6 is 11.6 Å². The Morgan fingerprint density at radius 2 is 2.14 bits per heavy atom. The van der Waals surface area contributed by atoms with Crippen LogP contribution in [-0.4, -0.2) is 19.7 Å². The van der Waals surface area contributed by atoms with Gasteiger partial charge in [-0.1, -0.05) is 18.5 Å². The van der Waals surface area contributed by atoms with Gasteiger partial charge in [0.15, 0.2) is 0 Å². The number of ether oxygens (including phenoxy) is 2. The molecule has 3 atom stereocenters. The molecule has 0 aromatic heterocycles. The van der Waals surface area contributed by atoms with Gasteiger partial charge in [-0.15, -0.1) is 0 Å². The Morgan fingerprint density at radius 3 is 2.73 bits per heavy atom. The van der Waals surface area contributed by atoms with Crippen LogP contribution in [0.15, 0.2) is 6.07 Å². The fraction of sp³-hybridized carbons (Fsp3) is 0.611. The van der Waals surface area contributed by atoms with E-state index >= 15 is 0 Å². The first kappa shape index (κ1) is 17.1. The third kappa shape index (κ3) is 3.40. The van der Waals surface area contributed by atoms with Crippen LogP contribution in [0.1, 0.15) is 49.3 Å². The minimum absolute atomic E-state index is 0.0734. The normalized spacial score (nSPS) is 21.4. The van der Waals surface area contributed by atoms with E-state index in [9.17, 15) is 4.79 Å². The molecule has 0 heterocycles. The summed E-state index contributed by atoms with van der Waals surface area (Å²) in [6, 6.07) is 2.02. The van der Waals surface area contributed by atoms with E-state index in [0.29, 0.717) is 18.4 Å². The summed E-state index contributed by atoms with van der Waals surface area (Å²) in [7, 11) is 1.46. The number of hydrogen-bond donors (Lipinski definition) is 0. The van der Waals surface area contributed by atoms with Crippen molar-refractivity contribution in [2.24, 2.45) is 11.8 Å². The first-order valence-electron chi connectivity index (χ1n) is 7.90. The summed E-state index contributed by atoms with van der Waals surface area (Å²) < 4.78 is 10.6. The lowest BCUT2D eigenvalue weighted by Gasteiger charge is -2.21. The lowest BCUT2D eigenvalue weighted by Crippen LogP contribution is -2.08. The van der Waals surface area contributed by atoms with Crippen molar-refractivity contribution in [3.63, 3.8) is 0 Å². The largest absolute Gasteiger partial charge is 0.494 e. The third-order valence-electron chi connectivity index (χ3n) is 4.57. The average molecular weight is 325 g/mol. The summed E-state index contributed by atoms with van der Waals surface area (Å²) in [4.78, 5) is 11.6. The Hall–Kier alpha value is -1.22. The van der Waals surface area contributed by atoms with Crippen LogP contribution in [0, 0.1) is 25.7 Å². The number of aryl methyl sites for hydroxylation is 1. The van der Waals surface area contributed by atoms with E-state index in [0.717, 1.165) is 34.7 Å². The zero-order chi connectivity index (χ0) is 16.4. The van der Waals surface area contributed by atoms with Gasteiger partial charge in [-0.25, -0.2) is 0 Å². The summed E-state index contributed by atoms with van der Waals surface area (Å²) in [5, 5.41) is 0.811. The van der Waals surface area contributed by atoms with E-state index in [2.05, 4.69) is 6.92 Å². The van der Waals surface area contributed by atoms with Gasteiger partial charge in [0.2, 0.25) is 0 Å². The van der Waals surface area contributed by atoms with Crippen molar-refractivity contribution in [3.8, 4) is 5.75 Å². The molecule has 0 saturated heterocycles. The summed E-state index contributed by atoms with van der Waals surface area (Å²) in [5.41, 5.74) is 3.30. The highest BCUT2D eigenvalue weighted by atomic mass is 35.5. The smallest absolute Gasteiger partial charge is 0.308 e. The number of hydrogen-bond acceptors (Lipinski definition) is 3. The highest BCUT2D eigenvalue weighted by molar-refractivity contribution is 6.32. The van der Waals surface area contributed by atoms with Gasteiger partial charge in [-0.3, -0.25) is 4.79 Å². The Kier molecular flexibility index (Phi) is 5.38. The SMILES string of the molecule is CCOc1cc(C)c(Cl)c(C)c1C(C)CC1CC1C(=O)OC. The predicted molar refractivity (Wildman–Crippen MR) is 88.7 cm³/mol. The molecule has 122 valence electrons. The standard InChI is InChI=1S/C18H25ClO3/c1-6-22-15-8-11(3)17(19)12(4)16(15)10(2)7-13-9-14(13)18(20)21-5/h8,10,13-14H,6-7,9H2,1-5H3. The molecule has 0 radical (unpaired) electrons.